The average molecular weight is 164 g/mol. The Morgan fingerprint density at radius 2 is 2.25 bits per heavy atom. The zero-order chi connectivity index (χ0) is 8.55. The van der Waals surface area contributed by atoms with Crippen LogP contribution in [-0.2, 0) is 4.74 Å². The van der Waals surface area contributed by atoms with E-state index in [1.54, 1.807) is 7.11 Å². The number of aryl methyl sites for hydroxylation is 1. The van der Waals surface area contributed by atoms with Gasteiger partial charge in [-0.15, -0.1) is 0 Å². The van der Waals surface area contributed by atoms with Crippen molar-refractivity contribution in [3.8, 4) is 5.75 Å². The summed E-state index contributed by atoms with van der Waals surface area (Å²) in [5.41, 5.74) is 2.43. The number of hydrogen-bond donors (Lipinski definition) is 0. The fourth-order valence-electron chi connectivity index (χ4n) is 1.33. The molecule has 64 valence electrons. The SMILES string of the molecule is COc1ccc(C)cc1C1CO1. The van der Waals surface area contributed by atoms with E-state index >= 15 is 0 Å². The average Bonchev–Trinajstić information content (AvgIpc) is 2.87. The molecule has 1 aromatic carbocycles. The summed E-state index contributed by atoms with van der Waals surface area (Å²) in [4.78, 5) is 0. The molecular formula is C10H12O2. The maximum Gasteiger partial charge on any atom is 0.124 e. The summed E-state index contributed by atoms with van der Waals surface area (Å²) >= 11 is 0. The Bertz CT molecular complexity index is 290. The van der Waals surface area contributed by atoms with Gasteiger partial charge in [0, 0.05) is 5.56 Å². The molecule has 1 saturated heterocycles. The standard InChI is InChI=1S/C10H12O2/c1-7-3-4-9(11-2)8(5-7)10-6-12-10/h3-5,10H,6H2,1-2H3. The highest BCUT2D eigenvalue weighted by Gasteiger charge is 2.27. The first-order chi connectivity index (χ1) is 5.81. The first-order valence-corrected chi connectivity index (χ1v) is 4.07. The monoisotopic (exact) mass is 164 g/mol. The summed E-state index contributed by atoms with van der Waals surface area (Å²) in [5.74, 6) is 0.933. The van der Waals surface area contributed by atoms with E-state index in [1.807, 2.05) is 12.1 Å². The van der Waals surface area contributed by atoms with Crippen LogP contribution in [0.25, 0.3) is 0 Å². The van der Waals surface area contributed by atoms with Crippen molar-refractivity contribution in [1.82, 2.24) is 0 Å². The van der Waals surface area contributed by atoms with Crippen molar-refractivity contribution in [1.29, 1.82) is 0 Å². The first-order valence-electron chi connectivity index (χ1n) is 4.07. The van der Waals surface area contributed by atoms with Gasteiger partial charge in [-0.1, -0.05) is 11.6 Å². The van der Waals surface area contributed by atoms with Gasteiger partial charge in [0.05, 0.1) is 13.7 Å². The van der Waals surface area contributed by atoms with Gasteiger partial charge in [0.2, 0.25) is 0 Å². The van der Waals surface area contributed by atoms with Crippen molar-refractivity contribution >= 4 is 0 Å². The predicted molar refractivity (Wildman–Crippen MR) is 46.4 cm³/mol. The molecule has 0 N–H and O–H groups in total. The van der Waals surface area contributed by atoms with Crippen LogP contribution < -0.4 is 4.74 Å². The van der Waals surface area contributed by atoms with Crippen molar-refractivity contribution in [2.24, 2.45) is 0 Å². The number of methoxy groups -OCH3 is 1. The van der Waals surface area contributed by atoms with Crippen LogP contribution in [0.2, 0.25) is 0 Å². The third kappa shape index (κ3) is 1.30. The minimum atomic E-state index is 0.278. The van der Waals surface area contributed by atoms with Gasteiger partial charge >= 0.3 is 0 Å². The van der Waals surface area contributed by atoms with E-state index in [4.69, 9.17) is 9.47 Å². The molecule has 0 spiro atoms. The molecule has 2 rings (SSSR count). The largest absolute Gasteiger partial charge is 0.496 e. The molecule has 1 aromatic rings. The van der Waals surface area contributed by atoms with Gasteiger partial charge in [-0.3, -0.25) is 0 Å². The van der Waals surface area contributed by atoms with Crippen molar-refractivity contribution in [3.05, 3.63) is 29.3 Å². The van der Waals surface area contributed by atoms with Crippen LogP contribution in [0, 0.1) is 6.92 Å². The molecule has 0 aliphatic carbocycles. The van der Waals surface area contributed by atoms with Gasteiger partial charge in [-0.2, -0.15) is 0 Å². The first kappa shape index (κ1) is 7.62. The summed E-state index contributed by atoms with van der Waals surface area (Å²) < 4.78 is 10.4. The van der Waals surface area contributed by atoms with Crippen LogP contribution in [0.4, 0.5) is 0 Å². The fourth-order valence-corrected chi connectivity index (χ4v) is 1.33. The molecule has 1 heterocycles. The van der Waals surface area contributed by atoms with Crippen LogP contribution in [0.5, 0.6) is 5.75 Å². The minimum Gasteiger partial charge on any atom is -0.496 e. The van der Waals surface area contributed by atoms with Gasteiger partial charge in [0.1, 0.15) is 11.9 Å². The van der Waals surface area contributed by atoms with Crippen molar-refractivity contribution in [2.45, 2.75) is 13.0 Å². The van der Waals surface area contributed by atoms with E-state index < -0.39 is 0 Å². The minimum absolute atomic E-state index is 0.278. The third-order valence-electron chi connectivity index (χ3n) is 2.07. The Kier molecular flexibility index (Phi) is 1.77. The summed E-state index contributed by atoms with van der Waals surface area (Å²) in [6.45, 7) is 2.91. The Morgan fingerprint density at radius 1 is 1.50 bits per heavy atom. The normalized spacial score (nSPS) is 20.7. The van der Waals surface area contributed by atoms with Gasteiger partial charge in [-0.25, -0.2) is 0 Å². The lowest BCUT2D eigenvalue weighted by molar-refractivity contribution is 0.383. The molecule has 1 aliphatic rings. The number of ether oxygens (including phenoxy) is 2. The van der Waals surface area contributed by atoms with Gasteiger partial charge in [0.25, 0.3) is 0 Å². The fraction of sp³-hybridized carbons (Fsp3) is 0.400. The van der Waals surface area contributed by atoms with E-state index in [-0.39, 0.29) is 6.10 Å². The molecule has 1 unspecified atom stereocenters. The molecule has 2 heteroatoms. The molecular weight excluding hydrogens is 152 g/mol. The van der Waals surface area contributed by atoms with Crippen LogP contribution >= 0.6 is 0 Å². The highest BCUT2D eigenvalue weighted by atomic mass is 16.6. The van der Waals surface area contributed by atoms with E-state index in [2.05, 4.69) is 13.0 Å². The molecule has 0 saturated carbocycles. The van der Waals surface area contributed by atoms with Crippen molar-refractivity contribution in [2.75, 3.05) is 13.7 Å². The Hall–Kier alpha value is -1.02. The number of epoxide rings is 1. The smallest absolute Gasteiger partial charge is 0.124 e. The third-order valence-corrected chi connectivity index (χ3v) is 2.07. The number of rotatable bonds is 2. The van der Waals surface area contributed by atoms with E-state index in [1.165, 1.54) is 11.1 Å². The van der Waals surface area contributed by atoms with E-state index in [9.17, 15) is 0 Å². The van der Waals surface area contributed by atoms with Gasteiger partial charge < -0.3 is 9.47 Å². The lowest BCUT2D eigenvalue weighted by Crippen LogP contribution is -1.90. The molecule has 1 atom stereocenters. The molecule has 0 aromatic heterocycles. The second-order valence-electron chi connectivity index (χ2n) is 3.07. The van der Waals surface area contributed by atoms with Crippen LogP contribution in [-0.4, -0.2) is 13.7 Å². The molecule has 0 radical (unpaired) electrons. The molecule has 1 fully saturated rings. The summed E-state index contributed by atoms with van der Waals surface area (Å²) in [6, 6.07) is 6.16. The lowest BCUT2D eigenvalue weighted by Gasteiger charge is -2.06. The summed E-state index contributed by atoms with van der Waals surface area (Å²) in [6.07, 6.45) is 0.278. The van der Waals surface area contributed by atoms with Crippen LogP contribution in [0.1, 0.15) is 17.2 Å². The van der Waals surface area contributed by atoms with Crippen LogP contribution in [0.3, 0.4) is 0 Å². The maximum atomic E-state index is 5.22. The lowest BCUT2D eigenvalue weighted by atomic mass is 10.1. The number of benzene rings is 1. The topological polar surface area (TPSA) is 21.8 Å². The zero-order valence-electron chi connectivity index (χ0n) is 7.33. The van der Waals surface area contributed by atoms with Crippen molar-refractivity contribution in [3.63, 3.8) is 0 Å². The summed E-state index contributed by atoms with van der Waals surface area (Å²) in [7, 11) is 1.69. The Morgan fingerprint density at radius 3 is 2.83 bits per heavy atom. The van der Waals surface area contributed by atoms with Crippen LogP contribution in [0.15, 0.2) is 18.2 Å². The molecule has 0 bridgehead atoms. The number of hydrogen-bond acceptors (Lipinski definition) is 2. The highest BCUT2D eigenvalue weighted by Crippen LogP contribution is 2.36. The quantitative estimate of drug-likeness (QED) is 0.624. The molecule has 12 heavy (non-hydrogen) atoms. The van der Waals surface area contributed by atoms with Gasteiger partial charge in [0.15, 0.2) is 0 Å². The summed E-state index contributed by atoms with van der Waals surface area (Å²) in [5, 5.41) is 0. The molecule has 1 aliphatic heterocycles. The van der Waals surface area contributed by atoms with Gasteiger partial charge in [-0.05, 0) is 19.1 Å². The van der Waals surface area contributed by atoms with E-state index in [0.29, 0.717) is 0 Å². The zero-order valence-corrected chi connectivity index (χ0v) is 7.33. The molecule has 0 amide bonds. The Balaban J connectivity index is 2.39. The van der Waals surface area contributed by atoms with Crippen molar-refractivity contribution < 1.29 is 9.47 Å². The van der Waals surface area contributed by atoms with E-state index in [0.717, 1.165) is 12.4 Å². The maximum absolute atomic E-state index is 5.22. The molecule has 2 nitrogen and oxygen atoms in total. The second-order valence-corrected chi connectivity index (χ2v) is 3.07. The highest BCUT2D eigenvalue weighted by molar-refractivity contribution is 5.39. The Labute approximate surface area is 72.1 Å². The second kappa shape index (κ2) is 2.79. The predicted octanol–water partition coefficient (Wildman–Crippen LogP) is 2.07.